The lowest BCUT2D eigenvalue weighted by Crippen LogP contribution is -2.59. The van der Waals surface area contributed by atoms with Gasteiger partial charge in [0.1, 0.15) is 0 Å². The van der Waals surface area contributed by atoms with E-state index in [2.05, 4.69) is 34.7 Å². The smallest absolute Gasteiger partial charge is 0.248 e. The van der Waals surface area contributed by atoms with Gasteiger partial charge >= 0.3 is 0 Å². The van der Waals surface area contributed by atoms with Crippen molar-refractivity contribution in [2.45, 2.75) is 31.7 Å². The molecule has 5 rings (SSSR count). The van der Waals surface area contributed by atoms with Gasteiger partial charge in [0.2, 0.25) is 11.8 Å². The summed E-state index contributed by atoms with van der Waals surface area (Å²) in [6, 6.07) is 5.75. The Hall–Kier alpha value is -2.71. The SMILES string of the molecule is Cn1ncc2cc(C3=CCN(C(=O)C4NCC5(CC5)CC4C(=O)NO)CC3)ccc21. The molecule has 30 heavy (non-hydrogen) atoms. The molecule has 2 unspecified atom stereocenters. The van der Waals surface area contributed by atoms with Crippen LogP contribution in [-0.4, -0.2) is 57.4 Å². The van der Waals surface area contributed by atoms with E-state index in [-0.39, 0.29) is 11.3 Å². The van der Waals surface area contributed by atoms with Crippen LogP contribution < -0.4 is 10.8 Å². The van der Waals surface area contributed by atoms with Crippen molar-refractivity contribution in [2.24, 2.45) is 18.4 Å². The Bertz CT molecular complexity index is 1040. The summed E-state index contributed by atoms with van der Waals surface area (Å²) >= 11 is 0. The van der Waals surface area contributed by atoms with Gasteiger partial charge < -0.3 is 10.2 Å². The third kappa shape index (κ3) is 3.30. The molecule has 1 aromatic carbocycles. The van der Waals surface area contributed by atoms with E-state index in [1.807, 2.05) is 22.8 Å². The summed E-state index contributed by atoms with van der Waals surface area (Å²) in [5.41, 5.74) is 5.38. The number of aromatic nitrogens is 2. The fourth-order valence-corrected chi connectivity index (χ4v) is 4.96. The number of piperidine rings is 1. The van der Waals surface area contributed by atoms with Crippen LogP contribution in [0.15, 0.2) is 30.5 Å². The molecule has 3 heterocycles. The number of hydroxylamine groups is 1. The predicted octanol–water partition coefficient (Wildman–Crippen LogP) is 1.45. The topological polar surface area (TPSA) is 99.5 Å². The molecule has 1 spiro atoms. The van der Waals surface area contributed by atoms with Crippen LogP contribution in [0.2, 0.25) is 0 Å². The van der Waals surface area contributed by atoms with Gasteiger partial charge in [0, 0.05) is 32.1 Å². The van der Waals surface area contributed by atoms with E-state index in [1.54, 1.807) is 5.48 Å². The summed E-state index contributed by atoms with van der Waals surface area (Å²) in [5, 5.41) is 17.9. The van der Waals surface area contributed by atoms with Gasteiger partial charge in [-0.05, 0) is 54.4 Å². The third-order valence-corrected chi connectivity index (χ3v) is 7.06. The second-order valence-electron chi connectivity index (χ2n) is 8.95. The maximum atomic E-state index is 13.2. The molecule has 3 aliphatic rings. The van der Waals surface area contributed by atoms with Crippen LogP contribution in [-0.2, 0) is 16.6 Å². The molecule has 2 aliphatic heterocycles. The number of fused-ring (bicyclic) bond motifs is 1. The molecule has 8 heteroatoms. The van der Waals surface area contributed by atoms with E-state index in [0.717, 1.165) is 42.3 Å². The van der Waals surface area contributed by atoms with E-state index in [1.165, 1.54) is 5.57 Å². The van der Waals surface area contributed by atoms with Gasteiger partial charge in [0.15, 0.2) is 0 Å². The summed E-state index contributed by atoms with van der Waals surface area (Å²) in [6.45, 7) is 1.90. The number of benzene rings is 1. The first-order valence-corrected chi connectivity index (χ1v) is 10.6. The molecule has 3 N–H and O–H groups in total. The maximum absolute atomic E-state index is 13.2. The summed E-state index contributed by atoms with van der Waals surface area (Å²) in [4.78, 5) is 27.2. The van der Waals surface area contributed by atoms with Gasteiger partial charge in [-0.15, -0.1) is 0 Å². The van der Waals surface area contributed by atoms with E-state index in [4.69, 9.17) is 5.21 Å². The summed E-state index contributed by atoms with van der Waals surface area (Å²) in [5.74, 6) is -1.06. The van der Waals surface area contributed by atoms with Crippen molar-refractivity contribution >= 4 is 28.3 Å². The molecule has 0 bridgehead atoms. The third-order valence-electron chi connectivity index (χ3n) is 7.06. The standard InChI is InChI=1S/C22H27N5O3/c1-26-18-3-2-15(10-16(18)12-24-26)14-4-8-27(9-5-14)21(29)19-17(20(28)25-30)11-22(6-7-22)13-23-19/h2-4,10,12,17,19,23,30H,5-9,11,13H2,1H3,(H,25,28). The number of carbonyl (C=O) groups is 2. The average Bonchev–Trinajstić information content (AvgIpc) is 3.44. The first-order valence-electron chi connectivity index (χ1n) is 10.6. The molecule has 2 amide bonds. The maximum Gasteiger partial charge on any atom is 0.248 e. The molecular formula is C22H27N5O3. The molecule has 2 fully saturated rings. The van der Waals surface area contributed by atoms with E-state index >= 15 is 0 Å². The summed E-state index contributed by atoms with van der Waals surface area (Å²) < 4.78 is 1.86. The average molecular weight is 409 g/mol. The van der Waals surface area contributed by atoms with Gasteiger partial charge in [0.25, 0.3) is 0 Å². The van der Waals surface area contributed by atoms with Crippen LogP contribution in [0.4, 0.5) is 0 Å². The number of amides is 2. The van der Waals surface area contributed by atoms with Crippen LogP contribution in [0, 0.1) is 11.3 Å². The highest BCUT2D eigenvalue weighted by Crippen LogP contribution is 2.52. The number of nitrogens with one attached hydrogen (secondary N) is 2. The van der Waals surface area contributed by atoms with Crippen LogP contribution in [0.3, 0.4) is 0 Å². The van der Waals surface area contributed by atoms with Gasteiger partial charge in [0.05, 0.1) is 23.7 Å². The van der Waals surface area contributed by atoms with E-state index in [0.29, 0.717) is 19.5 Å². The molecule has 158 valence electrons. The Morgan fingerprint density at radius 2 is 2.17 bits per heavy atom. The monoisotopic (exact) mass is 409 g/mol. The Morgan fingerprint density at radius 1 is 1.33 bits per heavy atom. The first kappa shape index (κ1) is 19.3. The number of rotatable bonds is 3. The molecule has 1 saturated carbocycles. The van der Waals surface area contributed by atoms with Gasteiger partial charge in [-0.2, -0.15) is 5.10 Å². The highest BCUT2D eigenvalue weighted by molar-refractivity contribution is 5.91. The van der Waals surface area contributed by atoms with Crippen molar-refractivity contribution in [1.29, 1.82) is 0 Å². The fourth-order valence-electron chi connectivity index (χ4n) is 4.96. The van der Waals surface area contributed by atoms with Gasteiger partial charge in [-0.3, -0.25) is 19.5 Å². The van der Waals surface area contributed by atoms with E-state index in [9.17, 15) is 9.59 Å². The Kier molecular flexibility index (Phi) is 4.63. The van der Waals surface area contributed by atoms with Crippen molar-refractivity contribution in [3.8, 4) is 0 Å². The van der Waals surface area contributed by atoms with Crippen LogP contribution in [0.25, 0.3) is 16.5 Å². The van der Waals surface area contributed by atoms with Crippen molar-refractivity contribution < 1.29 is 14.8 Å². The van der Waals surface area contributed by atoms with Crippen LogP contribution in [0.5, 0.6) is 0 Å². The van der Waals surface area contributed by atoms with Crippen LogP contribution in [0.1, 0.15) is 31.2 Å². The van der Waals surface area contributed by atoms with Crippen molar-refractivity contribution in [2.75, 3.05) is 19.6 Å². The second kappa shape index (κ2) is 7.21. The molecule has 8 nitrogen and oxygen atoms in total. The molecule has 0 radical (unpaired) electrons. The summed E-state index contributed by atoms with van der Waals surface area (Å²) in [6.07, 6.45) is 7.55. The number of hydrogen-bond donors (Lipinski definition) is 3. The Labute approximate surface area is 174 Å². The van der Waals surface area contributed by atoms with Crippen molar-refractivity contribution in [1.82, 2.24) is 25.5 Å². The number of aryl methyl sites for hydroxylation is 1. The van der Waals surface area contributed by atoms with Crippen molar-refractivity contribution in [3.63, 3.8) is 0 Å². The minimum Gasteiger partial charge on any atom is -0.337 e. The lowest BCUT2D eigenvalue weighted by molar-refractivity contribution is -0.144. The molecule has 1 aromatic heterocycles. The molecule has 1 saturated heterocycles. The quantitative estimate of drug-likeness (QED) is 0.526. The van der Waals surface area contributed by atoms with Crippen LogP contribution >= 0.6 is 0 Å². The lowest BCUT2D eigenvalue weighted by atomic mass is 9.81. The normalized spacial score (nSPS) is 25.3. The second-order valence-corrected chi connectivity index (χ2v) is 8.95. The van der Waals surface area contributed by atoms with Gasteiger partial charge in [-0.25, -0.2) is 5.48 Å². The fraction of sp³-hybridized carbons (Fsp3) is 0.500. The lowest BCUT2D eigenvalue weighted by Gasteiger charge is -2.38. The van der Waals surface area contributed by atoms with Crippen molar-refractivity contribution in [3.05, 3.63) is 36.0 Å². The minimum absolute atomic E-state index is 0.0582. The Morgan fingerprint density at radius 3 is 2.87 bits per heavy atom. The van der Waals surface area contributed by atoms with E-state index < -0.39 is 17.9 Å². The minimum atomic E-state index is -0.579. The zero-order valence-electron chi connectivity index (χ0n) is 17.1. The molecule has 1 aliphatic carbocycles. The summed E-state index contributed by atoms with van der Waals surface area (Å²) in [7, 11) is 1.93. The molecular weight excluding hydrogens is 382 g/mol. The zero-order valence-corrected chi connectivity index (χ0v) is 17.1. The number of carbonyl (C=O) groups excluding carboxylic acids is 2. The highest BCUT2D eigenvalue weighted by atomic mass is 16.5. The molecule has 2 atom stereocenters. The largest absolute Gasteiger partial charge is 0.337 e. The zero-order chi connectivity index (χ0) is 20.9. The Balaban J connectivity index is 1.30. The first-order chi connectivity index (χ1) is 14.5. The van der Waals surface area contributed by atoms with Gasteiger partial charge in [-0.1, -0.05) is 12.1 Å². The highest BCUT2D eigenvalue weighted by Gasteiger charge is 2.52. The number of nitrogens with zero attached hydrogens (tertiary/aromatic N) is 3. The number of hydrogen-bond acceptors (Lipinski definition) is 5. The molecule has 2 aromatic rings. The predicted molar refractivity (Wildman–Crippen MR) is 111 cm³/mol.